The molecule has 1 saturated heterocycles. The minimum Gasteiger partial charge on any atom is -0.490 e. The van der Waals surface area contributed by atoms with Crippen LogP contribution in [0.4, 0.5) is 5.69 Å². The monoisotopic (exact) mass is 276 g/mol. The highest BCUT2D eigenvalue weighted by atomic mass is 16.6. The smallest absolute Gasteiger partial charge is 0.310 e. The predicted octanol–water partition coefficient (Wildman–Crippen LogP) is 3.29. The van der Waals surface area contributed by atoms with Crippen LogP contribution in [0, 0.1) is 10.1 Å². The summed E-state index contributed by atoms with van der Waals surface area (Å²) in [6.07, 6.45) is 6.21. The molecular weight excluding hydrogens is 256 g/mol. The van der Waals surface area contributed by atoms with Crippen molar-refractivity contribution in [2.45, 2.75) is 44.2 Å². The van der Waals surface area contributed by atoms with Gasteiger partial charge in [-0.2, -0.15) is 0 Å². The number of nitrogens with zero attached hydrogens (tertiary/aromatic N) is 2. The second-order valence-corrected chi connectivity index (χ2v) is 5.67. The van der Waals surface area contributed by atoms with Gasteiger partial charge in [-0.05, 0) is 43.9 Å². The molecule has 1 aliphatic heterocycles. The van der Waals surface area contributed by atoms with E-state index in [1.165, 1.54) is 32.8 Å². The number of methoxy groups -OCH3 is 1. The molecule has 0 radical (unpaired) electrons. The molecule has 0 amide bonds. The van der Waals surface area contributed by atoms with Crippen LogP contribution in [0.5, 0.6) is 5.75 Å². The lowest BCUT2D eigenvalue weighted by Gasteiger charge is -2.36. The lowest BCUT2D eigenvalue weighted by molar-refractivity contribution is -0.385. The first kappa shape index (κ1) is 13.4. The van der Waals surface area contributed by atoms with E-state index in [0.29, 0.717) is 11.8 Å². The van der Waals surface area contributed by atoms with Crippen LogP contribution in [-0.2, 0) is 0 Å². The fraction of sp³-hybridized carbons (Fsp3) is 0.600. The summed E-state index contributed by atoms with van der Waals surface area (Å²) < 4.78 is 5.19. The molecular formula is C15H20N2O3. The fourth-order valence-corrected chi connectivity index (χ4v) is 3.21. The Balaban J connectivity index is 1.90. The second kappa shape index (κ2) is 5.40. The van der Waals surface area contributed by atoms with Gasteiger partial charge in [0.2, 0.25) is 0 Å². The van der Waals surface area contributed by atoms with Crippen LogP contribution in [-0.4, -0.2) is 29.5 Å². The Morgan fingerprint density at radius 2 is 2.10 bits per heavy atom. The number of hydrogen-bond donors (Lipinski definition) is 0. The van der Waals surface area contributed by atoms with Crippen LogP contribution in [0.3, 0.4) is 0 Å². The molecule has 5 heteroatoms. The minimum absolute atomic E-state index is 0.0463. The van der Waals surface area contributed by atoms with Gasteiger partial charge in [0, 0.05) is 18.2 Å². The summed E-state index contributed by atoms with van der Waals surface area (Å²) in [5.41, 5.74) is 1.20. The molecule has 0 aromatic heterocycles. The Bertz CT molecular complexity index is 514. The molecule has 1 atom stereocenters. The van der Waals surface area contributed by atoms with Crippen molar-refractivity contribution in [3.8, 4) is 5.75 Å². The van der Waals surface area contributed by atoms with Gasteiger partial charge in [-0.3, -0.25) is 15.0 Å². The summed E-state index contributed by atoms with van der Waals surface area (Å²) >= 11 is 0. The van der Waals surface area contributed by atoms with Crippen molar-refractivity contribution >= 4 is 5.69 Å². The van der Waals surface area contributed by atoms with Gasteiger partial charge >= 0.3 is 5.69 Å². The van der Waals surface area contributed by atoms with Crippen molar-refractivity contribution in [3.63, 3.8) is 0 Å². The standard InChI is InChI=1S/C15H20N2O3/c1-20-15-10-11(5-8-14(15)17(18)19)13-4-2-3-9-16(13)12-6-7-12/h5,8,10,12-13H,2-4,6-7,9H2,1H3. The zero-order valence-corrected chi connectivity index (χ0v) is 11.7. The fourth-order valence-electron chi connectivity index (χ4n) is 3.21. The Kier molecular flexibility index (Phi) is 3.61. The Hall–Kier alpha value is -1.62. The Morgan fingerprint density at radius 1 is 1.30 bits per heavy atom. The van der Waals surface area contributed by atoms with Crippen LogP contribution in [0.1, 0.15) is 43.7 Å². The van der Waals surface area contributed by atoms with E-state index in [-0.39, 0.29) is 10.6 Å². The van der Waals surface area contributed by atoms with E-state index in [2.05, 4.69) is 4.90 Å². The highest BCUT2D eigenvalue weighted by Gasteiger charge is 2.36. The van der Waals surface area contributed by atoms with Gasteiger partial charge in [-0.15, -0.1) is 0 Å². The highest BCUT2D eigenvalue weighted by molar-refractivity contribution is 5.49. The third-order valence-electron chi connectivity index (χ3n) is 4.35. The predicted molar refractivity (Wildman–Crippen MR) is 76.0 cm³/mol. The van der Waals surface area contributed by atoms with Crippen LogP contribution in [0.15, 0.2) is 18.2 Å². The van der Waals surface area contributed by atoms with Crippen LogP contribution in [0.25, 0.3) is 0 Å². The number of nitro groups is 1. The van der Waals surface area contributed by atoms with Crippen LogP contribution >= 0.6 is 0 Å². The molecule has 2 fully saturated rings. The molecule has 1 unspecified atom stereocenters. The summed E-state index contributed by atoms with van der Waals surface area (Å²) in [4.78, 5) is 13.2. The molecule has 20 heavy (non-hydrogen) atoms. The molecule has 3 rings (SSSR count). The number of likely N-dealkylation sites (tertiary alicyclic amines) is 1. The summed E-state index contributed by atoms with van der Waals surface area (Å²) in [7, 11) is 1.49. The van der Waals surface area contributed by atoms with Crippen LogP contribution < -0.4 is 4.74 Å². The van der Waals surface area contributed by atoms with E-state index in [0.717, 1.165) is 24.6 Å². The quantitative estimate of drug-likeness (QED) is 0.625. The molecule has 1 aliphatic carbocycles. The second-order valence-electron chi connectivity index (χ2n) is 5.67. The number of benzene rings is 1. The lowest BCUT2D eigenvalue weighted by atomic mass is 9.94. The zero-order valence-electron chi connectivity index (χ0n) is 11.7. The maximum absolute atomic E-state index is 11.0. The van der Waals surface area contributed by atoms with Crippen molar-refractivity contribution in [2.75, 3.05) is 13.7 Å². The lowest BCUT2D eigenvalue weighted by Crippen LogP contribution is -2.35. The van der Waals surface area contributed by atoms with E-state index in [9.17, 15) is 10.1 Å². The largest absolute Gasteiger partial charge is 0.490 e. The number of rotatable bonds is 4. The van der Waals surface area contributed by atoms with Gasteiger partial charge in [0.1, 0.15) is 0 Å². The topological polar surface area (TPSA) is 55.6 Å². The number of hydrogen-bond acceptors (Lipinski definition) is 4. The Morgan fingerprint density at radius 3 is 2.75 bits per heavy atom. The zero-order chi connectivity index (χ0) is 14.1. The molecule has 5 nitrogen and oxygen atoms in total. The molecule has 1 heterocycles. The number of piperidine rings is 1. The van der Waals surface area contributed by atoms with Crippen molar-refractivity contribution in [2.24, 2.45) is 0 Å². The molecule has 2 aliphatic rings. The normalized spacial score (nSPS) is 23.6. The SMILES string of the molecule is COc1cc(C2CCCCN2C2CC2)ccc1[N+](=O)[O-]. The molecule has 1 aromatic carbocycles. The van der Waals surface area contributed by atoms with E-state index in [4.69, 9.17) is 4.74 Å². The van der Waals surface area contributed by atoms with Gasteiger partial charge in [0.15, 0.2) is 5.75 Å². The van der Waals surface area contributed by atoms with Crippen molar-refractivity contribution < 1.29 is 9.66 Å². The Labute approximate surface area is 118 Å². The van der Waals surface area contributed by atoms with Crippen molar-refractivity contribution in [3.05, 3.63) is 33.9 Å². The van der Waals surface area contributed by atoms with E-state index < -0.39 is 0 Å². The maximum atomic E-state index is 11.0. The summed E-state index contributed by atoms with van der Waals surface area (Å²) in [6, 6.07) is 6.44. The van der Waals surface area contributed by atoms with E-state index in [1.807, 2.05) is 12.1 Å². The van der Waals surface area contributed by atoms with Gasteiger partial charge in [-0.25, -0.2) is 0 Å². The summed E-state index contributed by atoms with van der Waals surface area (Å²) in [6.45, 7) is 1.15. The van der Waals surface area contributed by atoms with Gasteiger partial charge in [0.05, 0.1) is 12.0 Å². The first-order valence-electron chi connectivity index (χ1n) is 7.29. The van der Waals surface area contributed by atoms with E-state index in [1.54, 1.807) is 6.07 Å². The summed E-state index contributed by atoms with van der Waals surface area (Å²) in [5.74, 6) is 0.369. The number of ether oxygens (including phenoxy) is 1. The maximum Gasteiger partial charge on any atom is 0.310 e. The molecule has 108 valence electrons. The van der Waals surface area contributed by atoms with Gasteiger partial charge in [-0.1, -0.05) is 12.5 Å². The van der Waals surface area contributed by atoms with Gasteiger partial charge in [0.25, 0.3) is 0 Å². The van der Waals surface area contributed by atoms with E-state index >= 15 is 0 Å². The van der Waals surface area contributed by atoms with Crippen molar-refractivity contribution in [1.82, 2.24) is 4.90 Å². The average molecular weight is 276 g/mol. The summed E-state index contributed by atoms with van der Waals surface area (Å²) in [5, 5.41) is 11.0. The number of nitro benzene ring substituents is 1. The van der Waals surface area contributed by atoms with Gasteiger partial charge < -0.3 is 4.74 Å². The first-order valence-corrected chi connectivity index (χ1v) is 7.29. The molecule has 0 bridgehead atoms. The molecule has 1 aromatic rings. The first-order chi connectivity index (χ1) is 9.70. The minimum atomic E-state index is -0.387. The average Bonchev–Trinajstić information content (AvgIpc) is 3.31. The molecule has 0 N–H and O–H groups in total. The van der Waals surface area contributed by atoms with Crippen molar-refractivity contribution in [1.29, 1.82) is 0 Å². The molecule has 0 spiro atoms. The third kappa shape index (κ3) is 2.50. The third-order valence-corrected chi connectivity index (χ3v) is 4.35. The molecule has 1 saturated carbocycles. The highest BCUT2D eigenvalue weighted by Crippen LogP contribution is 2.41. The van der Waals surface area contributed by atoms with Crippen LogP contribution in [0.2, 0.25) is 0 Å².